The summed E-state index contributed by atoms with van der Waals surface area (Å²) in [7, 11) is 1.49. The Morgan fingerprint density at radius 1 is 1.44 bits per heavy atom. The third kappa shape index (κ3) is 4.15. The lowest BCUT2D eigenvalue weighted by Crippen LogP contribution is -2.35. The fourth-order valence-corrected chi connectivity index (χ4v) is 1.82. The molecule has 2 N–H and O–H groups in total. The first kappa shape index (κ1) is 15.3. The van der Waals surface area contributed by atoms with Gasteiger partial charge in [-0.1, -0.05) is 22.0 Å². The van der Waals surface area contributed by atoms with E-state index in [2.05, 4.69) is 21.2 Å². The van der Waals surface area contributed by atoms with Crippen LogP contribution in [0.5, 0.6) is 0 Å². The molecule has 0 bridgehead atoms. The van der Waals surface area contributed by atoms with E-state index in [-0.39, 0.29) is 6.61 Å². The van der Waals surface area contributed by atoms with Gasteiger partial charge < -0.3 is 15.2 Å². The minimum atomic E-state index is -4.62. The monoisotopic (exact) mass is 327 g/mol. The third-order valence-electron chi connectivity index (χ3n) is 2.27. The number of nitrogens with one attached hydrogen (secondary N) is 1. The predicted octanol–water partition coefficient (Wildman–Crippen LogP) is 2.93. The summed E-state index contributed by atoms with van der Waals surface area (Å²) in [6.07, 6.45) is -7.02. The molecule has 0 aliphatic heterocycles. The number of benzene rings is 1. The first-order valence-corrected chi connectivity index (χ1v) is 5.90. The van der Waals surface area contributed by atoms with Crippen LogP contribution in [0.25, 0.3) is 0 Å². The van der Waals surface area contributed by atoms with Crippen molar-refractivity contribution in [3.63, 3.8) is 0 Å². The van der Waals surface area contributed by atoms with Gasteiger partial charge in [0.05, 0.1) is 6.61 Å². The van der Waals surface area contributed by atoms with Gasteiger partial charge in [-0.25, -0.2) is 0 Å². The van der Waals surface area contributed by atoms with Gasteiger partial charge in [0.15, 0.2) is 6.10 Å². The highest BCUT2D eigenvalue weighted by molar-refractivity contribution is 9.10. The van der Waals surface area contributed by atoms with E-state index in [0.717, 1.165) is 4.47 Å². The van der Waals surface area contributed by atoms with Crippen molar-refractivity contribution in [1.82, 2.24) is 0 Å². The maximum Gasteiger partial charge on any atom is 0.416 e. The van der Waals surface area contributed by atoms with Crippen LogP contribution in [0.3, 0.4) is 0 Å². The Morgan fingerprint density at radius 3 is 2.67 bits per heavy atom. The lowest BCUT2D eigenvalue weighted by atomic mass is 10.2. The number of alkyl halides is 3. The highest BCUT2D eigenvalue weighted by atomic mass is 79.9. The number of anilines is 1. The molecule has 7 heteroatoms. The van der Waals surface area contributed by atoms with Crippen molar-refractivity contribution in [2.75, 3.05) is 19.0 Å². The van der Waals surface area contributed by atoms with Gasteiger partial charge in [-0.05, 0) is 12.1 Å². The molecule has 1 atom stereocenters. The molecule has 0 heterocycles. The second-order valence-electron chi connectivity index (χ2n) is 3.64. The van der Waals surface area contributed by atoms with Crippen molar-refractivity contribution in [1.29, 1.82) is 0 Å². The van der Waals surface area contributed by atoms with E-state index in [1.165, 1.54) is 7.11 Å². The minimum Gasteiger partial charge on any atom is -0.382 e. The van der Waals surface area contributed by atoms with E-state index in [9.17, 15) is 13.2 Å². The molecule has 1 aromatic carbocycles. The second-order valence-corrected chi connectivity index (χ2v) is 4.49. The molecule has 0 aliphatic rings. The minimum absolute atomic E-state index is 0.256. The fourth-order valence-electron chi connectivity index (χ4n) is 1.34. The number of aliphatic hydroxyl groups is 1. The van der Waals surface area contributed by atoms with Crippen LogP contribution in [0.2, 0.25) is 0 Å². The number of hydrogen-bond acceptors (Lipinski definition) is 3. The average Bonchev–Trinajstić information content (AvgIpc) is 2.28. The summed E-state index contributed by atoms with van der Waals surface area (Å²) in [5.74, 6) is 0. The van der Waals surface area contributed by atoms with Gasteiger partial charge in [0.25, 0.3) is 0 Å². The van der Waals surface area contributed by atoms with Gasteiger partial charge in [0.2, 0.25) is 0 Å². The molecule has 0 saturated carbocycles. The van der Waals surface area contributed by atoms with Gasteiger partial charge in [-0.15, -0.1) is 0 Å². The van der Waals surface area contributed by atoms with Gasteiger partial charge in [0, 0.05) is 29.4 Å². The van der Waals surface area contributed by atoms with Crippen LogP contribution in [0.15, 0.2) is 22.7 Å². The van der Waals surface area contributed by atoms with Crippen molar-refractivity contribution in [2.45, 2.75) is 18.9 Å². The second kappa shape index (κ2) is 6.40. The molecular formula is C11H13BrF3NO2. The molecule has 1 aromatic rings. The zero-order chi connectivity index (χ0) is 13.8. The largest absolute Gasteiger partial charge is 0.416 e. The average molecular weight is 328 g/mol. The van der Waals surface area contributed by atoms with E-state index in [4.69, 9.17) is 9.84 Å². The van der Waals surface area contributed by atoms with E-state index < -0.39 is 18.8 Å². The molecular weight excluding hydrogens is 315 g/mol. The number of methoxy groups -OCH3 is 1. The van der Waals surface area contributed by atoms with Crippen molar-refractivity contribution >= 4 is 21.6 Å². The van der Waals surface area contributed by atoms with E-state index in [1.54, 1.807) is 18.2 Å². The first-order chi connectivity index (χ1) is 8.36. The van der Waals surface area contributed by atoms with Crippen LogP contribution in [-0.4, -0.2) is 31.0 Å². The molecule has 0 fully saturated rings. The molecule has 0 aliphatic carbocycles. The zero-order valence-corrected chi connectivity index (χ0v) is 11.2. The highest BCUT2D eigenvalue weighted by Gasteiger charge is 2.37. The number of aliphatic hydroxyl groups excluding tert-OH is 1. The third-order valence-corrected chi connectivity index (χ3v) is 3.01. The summed E-state index contributed by atoms with van der Waals surface area (Å²) >= 11 is 3.29. The summed E-state index contributed by atoms with van der Waals surface area (Å²) in [6, 6.07) is 5.08. The lowest BCUT2D eigenvalue weighted by molar-refractivity contribution is -0.198. The van der Waals surface area contributed by atoms with Gasteiger partial charge >= 0.3 is 6.18 Å². The molecule has 0 amide bonds. The Hall–Kier alpha value is -0.790. The molecule has 102 valence electrons. The van der Waals surface area contributed by atoms with Gasteiger partial charge in [-0.3, -0.25) is 0 Å². The highest BCUT2D eigenvalue weighted by Crippen LogP contribution is 2.26. The normalized spacial score (nSPS) is 13.4. The van der Waals surface area contributed by atoms with E-state index >= 15 is 0 Å². The van der Waals surface area contributed by atoms with Crippen molar-refractivity contribution < 1.29 is 23.0 Å². The summed E-state index contributed by atoms with van der Waals surface area (Å²) in [5, 5.41) is 11.5. The first-order valence-electron chi connectivity index (χ1n) is 5.11. The molecule has 0 radical (unpaired) electrons. The molecule has 1 unspecified atom stereocenters. The molecule has 18 heavy (non-hydrogen) atoms. The smallest absolute Gasteiger partial charge is 0.382 e. The summed E-state index contributed by atoms with van der Waals surface area (Å²) in [6.45, 7) is -0.345. The van der Waals surface area contributed by atoms with Crippen LogP contribution < -0.4 is 5.32 Å². The van der Waals surface area contributed by atoms with Crippen LogP contribution in [0, 0.1) is 0 Å². The van der Waals surface area contributed by atoms with Crippen molar-refractivity contribution in [2.24, 2.45) is 0 Å². The quantitative estimate of drug-likeness (QED) is 0.873. The number of hydrogen-bond donors (Lipinski definition) is 2. The molecule has 0 spiro atoms. The Bertz CT molecular complexity index is 398. The molecule has 1 rings (SSSR count). The van der Waals surface area contributed by atoms with E-state index in [0.29, 0.717) is 11.3 Å². The Labute approximate surface area is 111 Å². The van der Waals surface area contributed by atoms with Gasteiger partial charge in [-0.2, -0.15) is 13.2 Å². The number of rotatable bonds is 5. The van der Waals surface area contributed by atoms with Crippen molar-refractivity contribution in [3.05, 3.63) is 28.2 Å². The van der Waals surface area contributed by atoms with Crippen LogP contribution >= 0.6 is 15.9 Å². The summed E-state index contributed by atoms with van der Waals surface area (Å²) < 4.78 is 42.2. The standard InChI is InChI=1S/C11H13BrF3NO2/c1-18-6-7-8(12)3-2-4-9(7)16-5-10(17)11(13,14)15/h2-4,10,16-17H,5-6H2,1H3. The Balaban J connectivity index is 2.76. The molecule has 3 nitrogen and oxygen atoms in total. The van der Waals surface area contributed by atoms with Crippen molar-refractivity contribution in [3.8, 4) is 0 Å². The SMILES string of the molecule is COCc1c(Br)cccc1NCC(O)C(F)(F)F. The predicted molar refractivity (Wildman–Crippen MR) is 65.4 cm³/mol. The Kier molecular flexibility index (Phi) is 5.43. The topological polar surface area (TPSA) is 41.5 Å². The maximum absolute atomic E-state index is 12.2. The number of ether oxygens (including phenoxy) is 1. The van der Waals surface area contributed by atoms with Crippen LogP contribution in [-0.2, 0) is 11.3 Å². The summed E-state index contributed by atoms with van der Waals surface area (Å²) in [4.78, 5) is 0. The zero-order valence-electron chi connectivity index (χ0n) is 9.59. The van der Waals surface area contributed by atoms with Crippen LogP contribution in [0.4, 0.5) is 18.9 Å². The van der Waals surface area contributed by atoms with Crippen LogP contribution in [0.1, 0.15) is 5.56 Å². The lowest BCUT2D eigenvalue weighted by Gasteiger charge is -2.18. The maximum atomic E-state index is 12.2. The van der Waals surface area contributed by atoms with E-state index in [1.807, 2.05) is 0 Å². The molecule has 0 aromatic heterocycles. The Morgan fingerprint density at radius 2 is 2.11 bits per heavy atom. The fraction of sp³-hybridized carbons (Fsp3) is 0.455. The molecule has 0 saturated heterocycles. The number of halogens is 4. The van der Waals surface area contributed by atoms with Gasteiger partial charge in [0.1, 0.15) is 0 Å². The summed E-state index contributed by atoms with van der Waals surface area (Å²) in [5.41, 5.74) is 1.20.